The molecule has 11 heteroatoms. The molecule has 0 amide bonds. The van der Waals surface area contributed by atoms with Crippen LogP contribution in [0.1, 0.15) is 35.0 Å². The van der Waals surface area contributed by atoms with E-state index in [1.807, 2.05) is 12.1 Å². The summed E-state index contributed by atoms with van der Waals surface area (Å²) in [7, 11) is 5.90. The zero-order valence-corrected chi connectivity index (χ0v) is 23.9. The molecule has 0 bridgehead atoms. The van der Waals surface area contributed by atoms with E-state index in [-0.39, 0.29) is 41.3 Å². The summed E-state index contributed by atoms with van der Waals surface area (Å²) in [5.41, 5.74) is 2.12. The van der Waals surface area contributed by atoms with E-state index in [9.17, 15) is 20.4 Å². The van der Waals surface area contributed by atoms with Crippen LogP contribution in [-0.2, 0) is 9.47 Å². The van der Waals surface area contributed by atoms with Crippen molar-refractivity contribution in [1.82, 2.24) is 0 Å². The van der Waals surface area contributed by atoms with E-state index in [4.69, 9.17) is 33.2 Å². The van der Waals surface area contributed by atoms with Crippen molar-refractivity contribution in [3.05, 3.63) is 65.2 Å². The van der Waals surface area contributed by atoms with Gasteiger partial charge in [0.25, 0.3) is 0 Å². The zero-order chi connectivity index (χ0) is 30.0. The fourth-order valence-corrected chi connectivity index (χ4v) is 5.73. The van der Waals surface area contributed by atoms with Crippen molar-refractivity contribution in [2.75, 3.05) is 48.3 Å². The van der Waals surface area contributed by atoms with Crippen LogP contribution in [0.25, 0.3) is 0 Å². The minimum Gasteiger partial charge on any atom is -0.504 e. The largest absolute Gasteiger partial charge is 0.504 e. The number of phenolic OH excluding ortho intramolecular Hbond substituents is 2. The molecule has 0 unspecified atom stereocenters. The van der Waals surface area contributed by atoms with Crippen LogP contribution in [0.3, 0.4) is 0 Å². The third-order valence-corrected chi connectivity index (χ3v) is 7.97. The molecule has 3 aromatic carbocycles. The first-order valence-corrected chi connectivity index (χ1v) is 13.5. The third-order valence-electron chi connectivity index (χ3n) is 7.97. The molecule has 0 saturated carbocycles. The van der Waals surface area contributed by atoms with Crippen LogP contribution in [-0.4, -0.2) is 74.8 Å². The minimum absolute atomic E-state index is 0.0621. The number of aliphatic hydroxyl groups is 2. The van der Waals surface area contributed by atoms with Gasteiger partial charge < -0.3 is 53.6 Å². The lowest BCUT2D eigenvalue weighted by Gasteiger charge is -2.25. The first-order valence-electron chi connectivity index (χ1n) is 13.5. The van der Waals surface area contributed by atoms with E-state index in [1.165, 1.54) is 46.6 Å². The van der Waals surface area contributed by atoms with Gasteiger partial charge in [0, 0.05) is 11.8 Å². The number of hydrogen-bond donors (Lipinski definition) is 4. The Kier molecular flexibility index (Phi) is 8.83. The molecule has 4 N–H and O–H groups in total. The van der Waals surface area contributed by atoms with Gasteiger partial charge in [-0.05, 0) is 53.1 Å². The average Bonchev–Trinajstić information content (AvgIpc) is 3.63. The highest BCUT2D eigenvalue weighted by molar-refractivity contribution is 5.53. The van der Waals surface area contributed by atoms with E-state index in [0.717, 1.165) is 11.1 Å². The SMILES string of the molecule is COc1cc([C@@H](O)[C@H](CO)Oc2ccc([C@H]3OC[C@H]4[C@@H]3CO[C@@H]4c3cc(OC)c(O)c(OC)c3)cc2OC)ccc1O. The molecule has 0 spiro atoms. The van der Waals surface area contributed by atoms with E-state index in [0.29, 0.717) is 41.8 Å². The summed E-state index contributed by atoms with van der Waals surface area (Å²) in [5, 5.41) is 41.1. The first-order chi connectivity index (χ1) is 20.3. The van der Waals surface area contributed by atoms with Gasteiger partial charge in [-0.15, -0.1) is 0 Å². The van der Waals surface area contributed by atoms with Crippen LogP contribution >= 0.6 is 0 Å². The van der Waals surface area contributed by atoms with Gasteiger partial charge >= 0.3 is 0 Å². The molecule has 0 radical (unpaired) electrons. The second kappa shape index (κ2) is 12.5. The molecule has 5 rings (SSSR count). The predicted octanol–water partition coefficient (Wildman–Crippen LogP) is 3.68. The van der Waals surface area contributed by atoms with E-state index >= 15 is 0 Å². The molecule has 11 nitrogen and oxygen atoms in total. The zero-order valence-electron chi connectivity index (χ0n) is 23.9. The summed E-state index contributed by atoms with van der Waals surface area (Å²) >= 11 is 0. The summed E-state index contributed by atoms with van der Waals surface area (Å²) < 4.78 is 39.9. The average molecular weight is 585 g/mol. The number of methoxy groups -OCH3 is 4. The van der Waals surface area contributed by atoms with E-state index < -0.39 is 18.8 Å². The Morgan fingerprint density at radius 3 is 1.86 bits per heavy atom. The van der Waals surface area contributed by atoms with Crippen molar-refractivity contribution in [1.29, 1.82) is 0 Å². The molecular formula is C31H36O11. The summed E-state index contributed by atoms with van der Waals surface area (Å²) in [6.07, 6.45) is -2.75. The second-order valence-electron chi connectivity index (χ2n) is 10.2. The summed E-state index contributed by atoms with van der Waals surface area (Å²) in [6, 6.07) is 13.4. The van der Waals surface area contributed by atoms with Gasteiger partial charge in [-0.3, -0.25) is 0 Å². The van der Waals surface area contributed by atoms with Crippen LogP contribution in [0, 0.1) is 11.8 Å². The minimum atomic E-state index is -1.21. The van der Waals surface area contributed by atoms with Crippen molar-refractivity contribution in [2.45, 2.75) is 24.4 Å². The highest BCUT2D eigenvalue weighted by Gasteiger charge is 2.48. The topological polar surface area (TPSA) is 146 Å². The molecule has 2 heterocycles. The molecule has 2 aliphatic heterocycles. The van der Waals surface area contributed by atoms with E-state index in [1.54, 1.807) is 18.2 Å². The van der Waals surface area contributed by atoms with Gasteiger partial charge in [0.2, 0.25) is 5.75 Å². The maximum Gasteiger partial charge on any atom is 0.200 e. The van der Waals surface area contributed by atoms with Gasteiger partial charge in [-0.2, -0.15) is 0 Å². The molecule has 0 aliphatic carbocycles. The van der Waals surface area contributed by atoms with Crippen LogP contribution in [0.2, 0.25) is 0 Å². The smallest absolute Gasteiger partial charge is 0.200 e. The standard InChI is InChI=1S/C31H36O11/c1-36-23-9-16(5-7-21(23)33)28(34)27(13-32)42-22-8-6-17(10-24(22)37-2)30-19-14-41-31(20(19)15-40-30)18-11-25(38-3)29(35)26(12-18)39-4/h5-12,19-20,27-28,30-35H,13-15H2,1-4H3/t19-,20-,27-,28+,30+,31+/m0/s1. The fourth-order valence-electron chi connectivity index (χ4n) is 5.73. The lowest BCUT2D eigenvalue weighted by atomic mass is 9.84. The number of aliphatic hydroxyl groups excluding tert-OH is 2. The molecule has 6 atom stereocenters. The Balaban J connectivity index is 1.33. The predicted molar refractivity (Wildman–Crippen MR) is 150 cm³/mol. The number of hydrogen-bond acceptors (Lipinski definition) is 11. The first kappa shape index (κ1) is 29.6. The number of rotatable bonds is 11. The van der Waals surface area contributed by atoms with Crippen molar-refractivity contribution in [3.63, 3.8) is 0 Å². The van der Waals surface area contributed by atoms with Gasteiger partial charge in [-0.1, -0.05) is 12.1 Å². The summed E-state index contributed by atoms with van der Waals surface area (Å²) in [6.45, 7) is 0.470. The normalized spacial score (nSPS) is 22.7. The van der Waals surface area contributed by atoms with Crippen LogP contribution < -0.4 is 23.7 Å². The van der Waals surface area contributed by atoms with Crippen molar-refractivity contribution in [2.24, 2.45) is 11.8 Å². The molecule has 3 aromatic rings. The third kappa shape index (κ3) is 5.48. The highest BCUT2D eigenvalue weighted by atomic mass is 16.5. The molecule has 0 aromatic heterocycles. The lowest BCUT2D eigenvalue weighted by Crippen LogP contribution is -2.29. The van der Waals surface area contributed by atoms with Crippen LogP contribution in [0.5, 0.6) is 40.2 Å². The number of ether oxygens (including phenoxy) is 7. The van der Waals surface area contributed by atoms with Crippen LogP contribution in [0.4, 0.5) is 0 Å². The maximum absolute atomic E-state index is 10.9. The Morgan fingerprint density at radius 2 is 1.29 bits per heavy atom. The van der Waals surface area contributed by atoms with Gasteiger partial charge in [0.1, 0.15) is 6.10 Å². The monoisotopic (exact) mass is 584 g/mol. The molecule has 2 saturated heterocycles. The highest BCUT2D eigenvalue weighted by Crippen LogP contribution is 2.52. The number of aromatic hydroxyl groups is 2. The Morgan fingerprint density at radius 1 is 0.714 bits per heavy atom. The number of fused-ring (bicyclic) bond motifs is 1. The molecule has 226 valence electrons. The van der Waals surface area contributed by atoms with Crippen molar-refractivity contribution >= 4 is 0 Å². The summed E-state index contributed by atoms with van der Waals surface area (Å²) in [4.78, 5) is 0. The van der Waals surface area contributed by atoms with Gasteiger partial charge in [0.15, 0.2) is 40.6 Å². The van der Waals surface area contributed by atoms with Crippen molar-refractivity contribution in [3.8, 4) is 40.2 Å². The van der Waals surface area contributed by atoms with E-state index in [2.05, 4.69) is 0 Å². The maximum atomic E-state index is 10.9. The summed E-state index contributed by atoms with van der Waals surface area (Å²) in [5.74, 6) is 1.56. The Labute approximate surface area is 243 Å². The van der Waals surface area contributed by atoms with Gasteiger partial charge in [-0.25, -0.2) is 0 Å². The van der Waals surface area contributed by atoms with Gasteiger partial charge in [0.05, 0.1) is 60.5 Å². The molecule has 42 heavy (non-hydrogen) atoms. The number of phenols is 2. The fraction of sp³-hybridized carbons (Fsp3) is 0.419. The van der Waals surface area contributed by atoms with Crippen molar-refractivity contribution < 1.29 is 53.6 Å². The lowest BCUT2D eigenvalue weighted by molar-refractivity contribution is -0.000695. The Hall–Kier alpha value is -3.90. The Bertz CT molecular complexity index is 1370. The van der Waals surface area contributed by atoms with Crippen LogP contribution in [0.15, 0.2) is 48.5 Å². The second-order valence-corrected chi connectivity index (χ2v) is 10.2. The molecule has 2 aliphatic rings. The quantitative estimate of drug-likeness (QED) is 0.262. The molecular weight excluding hydrogens is 548 g/mol. The number of benzene rings is 3. The molecule has 2 fully saturated rings.